The van der Waals surface area contributed by atoms with Gasteiger partial charge in [0, 0.05) is 32.3 Å². The maximum atomic E-state index is 5.47. The first-order valence-electron chi connectivity index (χ1n) is 6.96. The van der Waals surface area contributed by atoms with Crippen LogP contribution in [0.1, 0.15) is 25.7 Å². The number of hydrogen-bond donors (Lipinski definition) is 1. The molecule has 0 radical (unpaired) electrons. The Hall–Kier alpha value is -0.160. The molecule has 100 valence electrons. The van der Waals surface area contributed by atoms with E-state index in [1.807, 2.05) is 0 Å². The van der Waals surface area contributed by atoms with Crippen molar-refractivity contribution in [1.29, 1.82) is 0 Å². The Kier molecular flexibility index (Phi) is 5.71. The minimum absolute atomic E-state index is 0.694. The molecule has 4 nitrogen and oxygen atoms in total. The molecule has 2 saturated heterocycles. The van der Waals surface area contributed by atoms with Gasteiger partial charge in [0.05, 0.1) is 19.8 Å². The van der Waals surface area contributed by atoms with Crippen LogP contribution < -0.4 is 5.32 Å². The van der Waals surface area contributed by atoms with Crippen molar-refractivity contribution in [2.24, 2.45) is 0 Å². The Balaban J connectivity index is 1.56. The zero-order valence-electron chi connectivity index (χ0n) is 11.0. The van der Waals surface area contributed by atoms with E-state index < -0.39 is 0 Å². The van der Waals surface area contributed by atoms with Crippen molar-refractivity contribution in [2.45, 2.75) is 37.8 Å². The van der Waals surface area contributed by atoms with E-state index in [1.54, 1.807) is 7.11 Å². The summed E-state index contributed by atoms with van der Waals surface area (Å²) in [5.41, 5.74) is 0. The fraction of sp³-hybridized carbons (Fsp3) is 1.00. The first kappa shape index (κ1) is 13.3. The molecular formula is C13H26N2O2. The van der Waals surface area contributed by atoms with Gasteiger partial charge in [-0.25, -0.2) is 0 Å². The van der Waals surface area contributed by atoms with Gasteiger partial charge in [-0.05, 0) is 25.8 Å². The lowest BCUT2D eigenvalue weighted by molar-refractivity contribution is 0.0700. The van der Waals surface area contributed by atoms with Crippen LogP contribution in [0, 0.1) is 0 Å². The van der Waals surface area contributed by atoms with Crippen LogP contribution in [0.25, 0.3) is 0 Å². The number of piperidine rings is 1. The molecule has 0 amide bonds. The van der Waals surface area contributed by atoms with Gasteiger partial charge in [-0.2, -0.15) is 0 Å². The molecule has 2 unspecified atom stereocenters. The first-order chi connectivity index (χ1) is 8.42. The van der Waals surface area contributed by atoms with Crippen molar-refractivity contribution in [3.05, 3.63) is 0 Å². The van der Waals surface area contributed by atoms with Crippen LogP contribution in [-0.2, 0) is 9.47 Å². The van der Waals surface area contributed by atoms with Gasteiger partial charge < -0.3 is 14.8 Å². The van der Waals surface area contributed by atoms with Crippen LogP contribution in [0.2, 0.25) is 0 Å². The molecular weight excluding hydrogens is 216 g/mol. The number of nitrogens with zero attached hydrogens (tertiary/aromatic N) is 1. The van der Waals surface area contributed by atoms with Gasteiger partial charge in [0.25, 0.3) is 0 Å². The number of nitrogens with one attached hydrogen (secondary N) is 1. The van der Waals surface area contributed by atoms with Gasteiger partial charge >= 0.3 is 0 Å². The molecule has 2 fully saturated rings. The second kappa shape index (κ2) is 7.31. The maximum absolute atomic E-state index is 5.47. The molecule has 2 aliphatic heterocycles. The number of rotatable bonds is 7. The van der Waals surface area contributed by atoms with Gasteiger partial charge in [0.2, 0.25) is 0 Å². The zero-order valence-corrected chi connectivity index (χ0v) is 11.0. The van der Waals surface area contributed by atoms with Gasteiger partial charge in [0.1, 0.15) is 0 Å². The van der Waals surface area contributed by atoms with Crippen molar-refractivity contribution in [3.8, 4) is 0 Å². The standard InChI is InChI=1S/C13H26N2O2/c1-16-10-11-17-9-6-14-12-5-8-15-7-3-2-4-13(12)15/h12-14H,2-11H2,1H3. The largest absolute Gasteiger partial charge is 0.382 e. The third-order valence-corrected chi connectivity index (χ3v) is 3.94. The predicted molar refractivity (Wildman–Crippen MR) is 68.3 cm³/mol. The summed E-state index contributed by atoms with van der Waals surface area (Å²) in [5.74, 6) is 0. The summed E-state index contributed by atoms with van der Waals surface area (Å²) in [6.07, 6.45) is 5.48. The van der Waals surface area contributed by atoms with Gasteiger partial charge in [-0.3, -0.25) is 4.90 Å². The van der Waals surface area contributed by atoms with Crippen molar-refractivity contribution < 1.29 is 9.47 Å². The highest BCUT2D eigenvalue weighted by atomic mass is 16.5. The quantitative estimate of drug-likeness (QED) is 0.672. The summed E-state index contributed by atoms with van der Waals surface area (Å²) < 4.78 is 10.4. The van der Waals surface area contributed by atoms with Crippen molar-refractivity contribution in [1.82, 2.24) is 10.2 Å². The minimum atomic E-state index is 0.694. The highest BCUT2D eigenvalue weighted by molar-refractivity contribution is 4.93. The van der Waals surface area contributed by atoms with Crippen molar-refractivity contribution >= 4 is 0 Å². The number of fused-ring (bicyclic) bond motifs is 1. The average Bonchev–Trinajstić information content (AvgIpc) is 2.77. The van der Waals surface area contributed by atoms with Gasteiger partial charge in [-0.1, -0.05) is 6.42 Å². The zero-order chi connectivity index (χ0) is 11.9. The summed E-state index contributed by atoms with van der Waals surface area (Å²) >= 11 is 0. The Bertz CT molecular complexity index is 214. The van der Waals surface area contributed by atoms with E-state index in [1.165, 1.54) is 38.8 Å². The molecule has 0 aromatic carbocycles. The molecule has 2 heterocycles. The Labute approximate surface area is 105 Å². The van der Waals surface area contributed by atoms with Crippen molar-refractivity contribution in [2.75, 3.05) is 46.6 Å². The van der Waals surface area contributed by atoms with E-state index in [2.05, 4.69) is 10.2 Å². The molecule has 0 aromatic heterocycles. The molecule has 0 aromatic rings. The van der Waals surface area contributed by atoms with E-state index in [9.17, 15) is 0 Å². The summed E-state index contributed by atoms with van der Waals surface area (Å²) in [4.78, 5) is 2.66. The monoisotopic (exact) mass is 242 g/mol. The third kappa shape index (κ3) is 3.91. The molecule has 0 saturated carbocycles. The van der Waals surface area contributed by atoms with Crippen LogP contribution >= 0.6 is 0 Å². The highest BCUT2D eigenvalue weighted by Gasteiger charge is 2.34. The van der Waals surface area contributed by atoms with E-state index in [4.69, 9.17) is 9.47 Å². The third-order valence-electron chi connectivity index (χ3n) is 3.94. The average molecular weight is 242 g/mol. The highest BCUT2D eigenvalue weighted by Crippen LogP contribution is 2.26. The normalized spacial score (nSPS) is 29.5. The minimum Gasteiger partial charge on any atom is -0.382 e. The molecule has 0 bridgehead atoms. The molecule has 2 atom stereocenters. The summed E-state index contributed by atoms with van der Waals surface area (Å²) in [6.45, 7) is 5.77. The van der Waals surface area contributed by atoms with E-state index in [-0.39, 0.29) is 0 Å². The number of methoxy groups -OCH3 is 1. The molecule has 1 N–H and O–H groups in total. The van der Waals surface area contributed by atoms with E-state index in [0.717, 1.165) is 19.2 Å². The molecule has 2 aliphatic rings. The lowest BCUT2D eigenvalue weighted by Gasteiger charge is -2.32. The van der Waals surface area contributed by atoms with Crippen molar-refractivity contribution in [3.63, 3.8) is 0 Å². The number of hydrogen-bond acceptors (Lipinski definition) is 4. The van der Waals surface area contributed by atoms with Crippen LogP contribution in [0.4, 0.5) is 0 Å². The van der Waals surface area contributed by atoms with E-state index in [0.29, 0.717) is 19.3 Å². The Morgan fingerprint density at radius 2 is 2.06 bits per heavy atom. The molecule has 2 rings (SSSR count). The summed E-state index contributed by atoms with van der Waals surface area (Å²) in [6, 6.07) is 1.49. The topological polar surface area (TPSA) is 33.7 Å². The van der Waals surface area contributed by atoms with E-state index >= 15 is 0 Å². The smallest absolute Gasteiger partial charge is 0.0700 e. The molecule has 0 spiro atoms. The van der Waals surface area contributed by atoms with Crippen LogP contribution in [0.15, 0.2) is 0 Å². The predicted octanol–water partition coefficient (Wildman–Crippen LogP) is 0.866. The summed E-state index contributed by atoms with van der Waals surface area (Å²) in [5, 5.41) is 3.65. The molecule has 17 heavy (non-hydrogen) atoms. The fourth-order valence-corrected chi connectivity index (χ4v) is 3.05. The number of ether oxygens (including phenoxy) is 2. The SMILES string of the molecule is COCCOCCNC1CCN2CCCCC12. The summed E-state index contributed by atoms with van der Waals surface area (Å²) in [7, 11) is 1.71. The van der Waals surface area contributed by atoms with Gasteiger partial charge in [0.15, 0.2) is 0 Å². The Morgan fingerprint density at radius 3 is 2.94 bits per heavy atom. The Morgan fingerprint density at radius 1 is 1.12 bits per heavy atom. The lowest BCUT2D eigenvalue weighted by Crippen LogP contribution is -2.45. The second-order valence-corrected chi connectivity index (χ2v) is 5.05. The fourth-order valence-electron chi connectivity index (χ4n) is 3.05. The molecule has 4 heteroatoms. The van der Waals surface area contributed by atoms with Crippen LogP contribution in [0.5, 0.6) is 0 Å². The molecule has 0 aliphatic carbocycles. The first-order valence-corrected chi connectivity index (χ1v) is 6.96. The van der Waals surface area contributed by atoms with Crippen LogP contribution in [-0.4, -0.2) is 63.5 Å². The second-order valence-electron chi connectivity index (χ2n) is 5.05. The van der Waals surface area contributed by atoms with Crippen LogP contribution in [0.3, 0.4) is 0 Å². The maximum Gasteiger partial charge on any atom is 0.0700 e. The van der Waals surface area contributed by atoms with Gasteiger partial charge in [-0.15, -0.1) is 0 Å². The lowest BCUT2D eigenvalue weighted by atomic mass is 9.99.